The van der Waals surface area contributed by atoms with Crippen LogP contribution in [0.5, 0.6) is 0 Å². The highest BCUT2D eigenvalue weighted by molar-refractivity contribution is 7.14. The van der Waals surface area contributed by atoms with Gasteiger partial charge in [0.05, 0.1) is 6.61 Å². The lowest BCUT2D eigenvalue weighted by Gasteiger charge is -2.04. The molecule has 0 aromatic carbocycles. The smallest absolute Gasteiger partial charge is 0.348 e. The lowest BCUT2D eigenvalue weighted by atomic mass is 10.1. The maximum Gasteiger partial charge on any atom is 0.348 e. The zero-order chi connectivity index (χ0) is 13.5. The molecule has 1 unspecified atom stereocenters. The fourth-order valence-corrected chi connectivity index (χ4v) is 2.67. The molecule has 0 aliphatic heterocycles. The van der Waals surface area contributed by atoms with Gasteiger partial charge in [-0.3, -0.25) is 0 Å². The summed E-state index contributed by atoms with van der Waals surface area (Å²) in [6.07, 6.45) is 1.33. The van der Waals surface area contributed by atoms with Crippen LogP contribution in [0.25, 0.3) is 0 Å². The second kappa shape index (κ2) is 7.23. The fourth-order valence-electron chi connectivity index (χ4n) is 1.58. The van der Waals surface area contributed by atoms with Crippen molar-refractivity contribution in [3.05, 3.63) is 26.3 Å². The molecule has 1 heterocycles. The normalized spacial score (nSPS) is 12.2. The Bertz CT molecular complexity index is 417. The number of ether oxygens (including phenoxy) is 1. The molecule has 2 N–H and O–H groups in total. The molecule has 0 fully saturated rings. The zero-order valence-corrected chi connectivity index (χ0v) is 11.5. The van der Waals surface area contributed by atoms with Gasteiger partial charge in [-0.2, -0.15) is 4.91 Å². The number of aryl methyl sites for hydroxylation is 2. The molecule has 100 valence electrons. The lowest BCUT2D eigenvalue weighted by molar-refractivity contribution is 0.0532. The van der Waals surface area contributed by atoms with Crippen molar-refractivity contribution in [1.82, 2.24) is 0 Å². The average molecular weight is 270 g/mol. The number of hydrogen-bond acceptors (Lipinski definition) is 6. The van der Waals surface area contributed by atoms with Crippen LogP contribution < -0.4 is 5.73 Å². The highest BCUT2D eigenvalue weighted by Crippen LogP contribution is 2.24. The number of nitrogens with two attached hydrogens (primary N) is 1. The molecule has 0 amide bonds. The topological polar surface area (TPSA) is 81.8 Å². The number of nitrogens with zero attached hydrogens (tertiary/aromatic N) is 1. The highest BCUT2D eigenvalue weighted by Gasteiger charge is 2.14. The van der Waals surface area contributed by atoms with Crippen LogP contribution >= 0.6 is 11.3 Å². The van der Waals surface area contributed by atoms with Crippen LogP contribution in [-0.4, -0.2) is 25.2 Å². The number of nitroso groups, excluding NO2 is 1. The second-order valence-electron chi connectivity index (χ2n) is 3.97. The molecular weight excluding hydrogens is 252 g/mol. The first-order valence-corrected chi connectivity index (χ1v) is 6.73. The van der Waals surface area contributed by atoms with E-state index in [0.29, 0.717) is 24.3 Å². The van der Waals surface area contributed by atoms with Crippen molar-refractivity contribution in [3.63, 3.8) is 0 Å². The molecule has 0 bridgehead atoms. The molecule has 0 saturated carbocycles. The number of hydrogen-bond donors (Lipinski definition) is 1. The summed E-state index contributed by atoms with van der Waals surface area (Å²) in [6.45, 7) is 4.36. The Morgan fingerprint density at radius 1 is 1.61 bits per heavy atom. The molecule has 5 nitrogen and oxygen atoms in total. The Morgan fingerprint density at radius 2 is 2.33 bits per heavy atom. The van der Waals surface area contributed by atoms with Gasteiger partial charge in [0.15, 0.2) is 0 Å². The van der Waals surface area contributed by atoms with E-state index in [1.807, 2.05) is 13.0 Å². The zero-order valence-electron chi connectivity index (χ0n) is 10.6. The first kappa shape index (κ1) is 14.8. The summed E-state index contributed by atoms with van der Waals surface area (Å²) in [5.74, 6) is -0.291. The van der Waals surface area contributed by atoms with Gasteiger partial charge >= 0.3 is 5.97 Å². The summed E-state index contributed by atoms with van der Waals surface area (Å²) in [5.41, 5.74) is 6.46. The molecule has 0 aliphatic carbocycles. The molecule has 1 aromatic rings. The Balaban J connectivity index is 2.67. The maximum atomic E-state index is 11.6. The standard InChI is InChI=1S/C12H18N2O3S/c1-3-17-12(15)11-6-8(2)10(18-11)5-4-9(7-13)14-16/h6,9H,3-5,7,13H2,1-2H3. The van der Waals surface area contributed by atoms with Gasteiger partial charge in [-0.1, -0.05) is 5.18 Å². The molecule has 0 saturated heterocycles. The number of thiophene rings is 1. The number of esters is 1. The van der Waals surface area contributed by atoms with E-state index in [0.717, 1.165) is 10.4 Å². The van der Waals surface area contributed by atoms with Crippen LogP contribution in [0.4, 0.5) is 0 Å². The molecule has 0 radical (unpaired) electrons. The highest BCUT2D eigenvalue weighted by atomic mass is 32.1. The van der Waals surface area contributed by atoms with E-state index in [1.165, 1.54) is 11.3 Å². The molecule has 1 atom stereocenters. The minimum atomic E-state index is -0.349. The minimum absolute atomic E-state index is 0.263. The van der Waals surface area contributed by atoms with Gasteiger partial charge in [0.1, 0.15) is 10.9 Å². The summed E-state index contributed by atoms with van der Waals surface area (Å²) < 4.78 is 4.95. The third kappa shape index (κ3) is 3.89. The largest absolute Gasteiger partial charge is 0.462 e. The summed E-state index contributed by atoms with van der Waals surface area (Å²) >= 11 is 1.41. The van der Waals surface area contributed by atoms with E-state index < -0.39 is 0 Å². The van der Waals surface area contributed by atoms with Gasteiger partial charge in [-0.15, -0.1) is 11.3 Å². The second-order valence-corrected chi connectivity index (χ2v) is 5.11. The average Bonchev–Trinajstić information content (AvgIpc) is 2.73. The summed E-state index contributed by atoms with van der Waals surface area (Å²) in [5, 5.41) is 2.96. The van der Waals surface area contributed by atoms with E-state index in [4.69, 9.17) is 10.5 Å². The minimum Gasteiger partial charge on any atom is -0.462 e. The molecule has 6 heteroatoms. The Morgan fingerprint density at radius 3 is 2.89 bits per heavy atom. The van der Waals surface area contributed by atoms with E-state index in [2.05, 4.69) is 5.18 Å². The summed E-state index contributed by atoms with van der Waals surface area (Å²) in [7, 11) is 0. The van der Waals surface area contributed by atoms with Crippen molar-refractivity contribution in [1.29, 1.82) is 0 Å². The predicted octanol–water partition coefficient (Wildman–Crippen LogP) is 2.26. The van der Waals surface area contributed by atoms with Gasteiger partial charge in [-0.05, 0) is 38.3 Å². The fraction of sp³-hybridized carbons (Fsp3) is 0.583. The molecule has 18 heavy (non-hydrogen) atoms. The van der Waals surface area contributed by atoms with Crippen molar-refractivity contribution < 1.29 is 9.53 Å². The molecule has 1 aromatic heterocycles. The third-order valence-electron chi connectivity index (χ3n) is 2.62. The van der Waals surface area contributed by atoms with Crippen LogP contribution in [0.2, 0.25) is 0 Å². The van der Waals surface area contributed by atoms with E-state index in [-0.39, 0.29) is 18.6 Å². The van der Waals surface area contributed by atoms with Gasteiger partial charge in [0.2, 0.25) is 0 Å². The van der Waals surface area contributed by atoms with Crippen LogP contribution in [0, 0.1) is 11.8 Å². The quantitative estimate of drug-likeness (QED) is 0.608. The molecular formula is C12H18N2O3S. The molecule has 0 aliphatic rings. The van der Waals surface area contributed by atoms with Crippen molar-refractivity contribution in [2.45, 2.75) is 32.7 Å². The Labute approximate surface area is 110 Å². The molecule has 1 rings (SSSR count). The Kier molecular flexibility index (Phi) is 5.94. The summed E-state index contributed by atoms with van der Waals surface area (Å²) in [6, 6.07) is 1.47. The lowest BCUT2D eigenvalue weighted by Crippen LogP contribution is -2.18. The van der Waals surface area contributed by atoms with Crippen molar-refractivity contribution in [2.24, 2.45) is 10.9 Å². The van der Waals surface area contributed by atoms with Gasteiger partial charge in [-0.25, -0.2) is 4.79 Å². The maximum absolute atomic E-state index is 11.6. The van der Waals surface area contributed by atoms with Crippen molar-refractivity contribution in [2.75, 3.05) is 13.2 Å². The SMILES string of the molecule is CCOC(=O)c1cc(C)c(CCC(CN)N=O)s1. The monoisotopic (exact) mass is 270 g/mol. The first-order chi connectivity index (χ1) is 8.62. The predicted molar refractivity (Wildman–Crippen MR) is 72.0 cm³/mol. The van der Waals surface area contributed by atoms with E-state index in [1.54, 1.807) is 6.92 Å². The van der Waals surface area contributed by atoms with Crippen molar-refractivity contribution in [3.8, 4) is 0 Å². The molecule has 0 spiro atoms. The van der Waals surface area contributed by atoms with Gasteiger partial charge in [0.25, 0.3) is 0 Å². The van der Waals surface area contributed by atoms with Crippen LogP contribution in [-0.2, 0) is 11.2 Å². The number of carbonyl (C=O) groups is 1. The van der Waals surface area contributed by atoms with Gasteiger partial charge in [0, 0.05) is 11.4 Å². The van der Waals surface area contributed by atoms with Crippen LogP contribution in [0.3, 0.4) is 0 Å². The third-order valence-corrected chi connectivity index (χ3v) is 3.90. The Hall–Kier alpha value is -1.27. The van der Waals surface area contributed by atoms with Gasteiger partial charge < -0.3 is 10.5 Å². The van der Waals surface area contributed by atoms with Crippen molar-refractivity contribution >= 4 is 17.3 Å². The first-order valence-electron chi connectivity index (χ1n) is 5.91. The number of rotatable bonds is 7. The number of carbonyl (C=O) groups excluding carboxylic acids is 1. The van der Waals surface area contributed by atoms with Crippen LogP contribution in [0.15, 0.2) is 11.2 Å². The van der Waals surface area contributed by atoms with Crippen LogP contribution in [0.1, 0.15) is 33.5 Å². The van der Waals surface area contributed by atoms with E-state index in [9.17, 15) is 9.70 Å². The summed E-state index contributed by atoms with van der Waals surface area (Å²) in [4.78, 5) is 23.7. The van der Waals surface area contributed by atoms with E-state index >= 15 is 0 Å².